The molecule has 90 valence electrons. The highest BCUT2D eigenvalue weighted by molar-refractivity contribution is 7.09. The Labute approximate surface area is 109 Å². The number of nitrogens with one attached hydrogen (secondary N) is 1. The van der Waals surface area contributed by atoms with E-state index in [1.807, 2.05) is 24.4 Å². The predicted molar refractivity (Wildman–Crippen MR) is 69.9 cm³/mol. The molecule has 6 heteroatoms. The second-order valence-electron chi connectivity index (χ2n) is 3.72. The van der Waals surface area contributed by atoms with Crippen LogP contribution >= 0.6 is 22.9 Å². The van der Waals surface area contributed by atoms with Gasteiger partial charge in [-0.05, 0) is 24.6 Å². The van der Waals surface area contributed by atoms with E-state index in [0.29, 0.717) is 5.15 Å². The van der Waals surface area contributed by atoms with Crippen LogP contribution in [0.3, 0.4) is 0 Å². The van der Waals surface area contributed by atoms with Gasteiger partial charge in [0.15, 0.2) is 0 Å². The Bertz CT molecular complexity index is 500. The fraction of sp³-hybridized carbons (Fsp3) is 0.273. The molecule has 2 heterocycles. The molecule has 2 aromatic heterocycles. The van der Waals surface area contributed by atoms with E-state index in [1.165, 1.54) is 0 Å². The summed E-state index contributed by atoms with van der Waals surface area (Å²) in [6, 6.07) is 3.71. The van der Waals surface area contributed by atoms with Crippen molar-refractivity contribution in [2.24, 2.45) is 5.84 Å². The largest absolute Gasteiger partial charge is 0.271 e. The van der Waals surface area contributed by atoms with Crippen LogP contribution in [-0.4, -0.2) is 9.97 Å². The number of thiazole rings is 1. The molecule has 0 fully saturated rings. The molecule has 2 rings (SSSR count). The van der Waals surface area contributed by atoms with Crippen LogP contribution in [0, 0.1) is 6.92 Å². The van der Waals surface area contributed by atoms with Gasteiger partial charge in [0.25, 0.3) is 0 Å². The Morgan fingerprint density at radius 3 is 3.00 bits per heavy atom. The number of rotatable bonds is 4. The molecule has 0 saturated carbocycles. The molecule has 0 bridgehead atoms. The Balaban J connectivity index is 2.16. The molecular weight excluding hydrogens is 256 g/mol. The highest BCUT2D eigenvalue weighted by atomic mass is 35.5. The first-order valence-electron chi connectivity index (χ1n) is 5.17. The summed E-state index contributed by atoms with van der Waals surface area (Å²) < 4.78 is 0. The lowest BCUT2D eigenvalue weighted by Gasteiger charge is -2.14. The molecule has 4 nitrogen and oxygen atoms in total. The van der Waals surface area contributed by atoms with Crippen LogP contribution in [-0.2, 0) is 6.42 Å². The van der Waals surface area contributed by atoms with Crippen molar-refractivity contribution >= 4 is 22.9 Å². The van der Waals surface area contributed by atoms with E-state index in [0.717, 1.165) is 22.7 Å². The van der Waals surface area contributed by atoms with Crippen LogP contribution < -0.4 is 11.3 Å². The SMILES string of the molecule is Cc1csc(CC(NN)c2ccnc(Cl)c2)n1. The van der Waals surface area contributed by atoms with Gasteiger partial charge in [0.05, 0.1) is 11.0 Å². The number of aromatic nitrogens is 2. The molecule has 17 heavy (non-hydrogen) atoms. The second kappa shape index (κ2) is 5.55. The monoisotopic (exact) mass is 268 g/mol. The molecule has 0 amide bonds. The Hall–Kier alpha value is -1.01. The van der Waals surface area contributed by atoms with Crippen molar-refractivity contribution in [1.29, 1.82) is 0 Å². The maximum atomic E-state index is 5.86. The zero-order valence-electron chi connectivity index (χ0n) is 9.35. The fourth-order valence-electron chi connectivity index (χ4n) is 1.58. The quantitative estimate of drug-likeness (QED) is 0.507. The smallest absolute Gasteiger partial charge is 0.129 e. The summed E-state index contributed by atoms with van der Waals surface area (Å²) in [6.45, 7) is 1.98. The number of halogens is 1. The van der Waals surface area contributed by atoms with Gasteiger partial charge >= 0.3 is 0 Å². The number of pyridine rings is 1. The summed E-state index contributed by atoms with van der Waals surface area (Å²) in [7, 11) is 0. The topological polar surface area (TPSA) is 63.8 Å². The first-order valence-corrected chi connectivity index (χ1v) is 6.43. The fourth-order valence-corrected chi connectivity index (χ4v) is 2.58. The van der Waals surface area contributed by atoms with Crippen molar-refractivity contribution in [3.63, 3.8) is 0 Å². The molecule has 1 unspecified atom stereocenters. The first-order chi connectivity index (χ1) is 8.19. The van der Waals surface area contributed by atoms with Crippen LogP contribution in [0.5, 0.6) is 0 Å². The number of nitrogens with two attached hydrogens (primary N) is 1. The molecule has 0 spiro atoms. The summed E-state index contributed by atoms with van der Waals surface area (Å²) in [4.78, 5) is 8.37. The lowest BCUT2D eigenvalue weighted by Crippen LogP contribution is -2.29. The van der Waals surface area contributed by atoms with E-state index < -0.39 is 0 Å². The van der Waals surface area contributed by atoms with E-state index in [4.69, 9.17) is 17.4 Å². The molecule has 0 radical (unpaired) electrons. The summed E-state index contributed by atoms with van der Waals surface area (Å²) in [6.07, 6.45) is 2.42. The van der Waals surface area contributed by atoms with Crippen LogP contribution in [0.2, 0.25) is 5.15 Å². The van der Waals surface area contributed by atoms with Crippen molar-refractivity contribution in [2.45, 2.75) is 19.4 Å². The van der Waals surface area contributed by atoms with Gasteiger partial charge < -0.3 is 0 Å². The minimum Gasteiger partial charge on any atom is -0.271 e. The average molecular weight is 269 g/mol. The normalized spacial score (nSPS) is 12.6. The highest BCUT2D eigenvalue weighted by Gasteiger charge is 2.13. The Kier molecular flexibility index (Phi) is 4.06. The minimum atomic E-state index is 0.000972. The third-order valence-corrected chi connectivity index (χ3v) is 3.60. The lowest BCUT2D eigenvalue weighted by molar-refractivity contribution is 0.550. The van der Waals surface area contributed by atoms with Gasteiger partial charge in [-0.15, -0.1) is 11.3 Å². The van der Waals surface area contributed by atoms with E-state index in [9.17, 15) is 0 Å². The number of aryl methyl sites for hydroxylation is 1. The molecule has 0 aliphatic heterocycles. The maximum absolute atomic E-state index is 5.86. The first kappa shape index (κ1) is 12.4. The van der Waals surface area contributed by atoms with Crippen molar-refractivity contribution in [3.8, 4) is 0 Å². The van der Waals surface area contributed by atoms with Crippen molar-refractivity contribution in [3.05, 3.63) is 45.1 Å². The molecule has 2 aromatic rings. The van der Waals surface area contributed by atoms with Gasteiger partial charge in [0, 0.05) is 23.7 Å². The number of hydrogen-bond donors (Lipinski definition) is 2. The molecule has 0 aliphatic carbocycles. The summed E-state index contributed by atoms with van der Waals surface area (Å²) >= 11 is 7.50. The number of nitrogens with zero attached hydrogens (tertiary/aromatic N) is 2. The lowest BCUT2D eigenvalue weighted by atomic mass is 10.1. The van der Waals surface area contributed by atoms with E-state index in [1.54, 1.807) is 17.5 Å². The molecule has 1 atom stereocenters. The van der Waals surface area contributed by atoms with Crippen molar-refractivity contribution in [1.82, 2.24) is 15.4 Å². The van der Waals surface area contributed by atoms with Gasteiger partial charge in [0.2, 0.25) is 0 Å². The second-order valence-corrected chi connectivity index (χ2v) is 5.05. The predicted octanol–water partition coefficient (Wildman–Crippen LogP) is 2.25. The van der Waals surface area contributed by atoms with Crippen molar-refractivity contribution < 1.29 is 0 Å². The van der Waals surface area contributed by atoms with E-state index in [-0.39, 0.29) is 6.04 Å². The van der Waals surface area contributed by atoms with Gasteiger partial charge in [-0.2, -0.15) is 0 Å². The third kappa shape index (κ3) is 3.23. The summed E-state index contributed by atoms with van der Waals surface area (Å²) in [5, 5.41) is 3.55. The number of hydrazine groups is 1. The van der Waals surface area contributed by atoms with Crippen molar-refractivity contribution in [2.75, 3.05) is 0 Å². The van der Waals surface area contributed by atoms with Crippen LogP contribution in [0.1, 0.15) is 22.3 Å². The molecule has 0 aromatic carbocycles. The van der Waals surface area contributed by atoms with Gasteiger partial charge in [-0.25, -0.2) is 9.97 Å². The minimum absolute atomic E-state index is 0.000972. The summed E-state index contributed by atoms with van der Waals surface area (Å²) in [5.74, 6) is 5.57. The Morgan fingerprint density at radius 1 is 1.59 bits per heavy atom. The van der Waals surface area contributed by atoms with Gasteiger partial charge in [-0.1, -0.05) is 11.6 Å². The standard InChI is InChI=1S/C11H13ClN4S/c1-7-6-17-11(15-7)5-9(16-13)8-2-3-14-10(12)4-8/h2-4,6,9,16H,5,13H2,1H3. The molecule has 3 N–H and O–H groups in total. The van der Waals surface area contributed by atoms with Gasteiger partial charge in [0.1, 0.15) is 5.15 Å². The molecule has 0 aliphatic rings. The van der Waals surface area contributed by atoms with E-state index >= 15 is 0 Å². The van der Waals surface area contributed by atoms with Crippen LogP contribution in [0.15, 0.2) is 23.7 Å². The summed E-state index contributed by atoms with van der Waals surface area (Å²) in [5.41, 5.74) is 4.83. The van der Waals surface area contributed by atoms with E-state index in [2.05, 4.69) is 15.4 Å². The average Bonchev–Trinajstić information content (AvgIpc) is 2.72. The molecule has 0 saturated heterocycles. The number of hydrogen-bond acceptors (Lipinski definition) is 5. The highest BCUT2D eigenvalue weighted by Crippen LogP contribution is 2.21. The van der Waals surface area contributed by atoms with Crippen LogP contribution in [0.25, 0.3) is 0 Å². The zero-order valence-corrected chi connectivity index (χ0v) is 10.9. The third-order valence-electron chi connectivity index (χ3n) is 2.40. The maximum Gasteiger partial charge on any atom is 0.129 e. The molecular formula is C11H13ClN4S. The Morgan fingerprint density at radius 2 is 2.41 bits per heavy atom. The van der Waals surface area contributed by atoms with Gasteiger partial charge in [-0.3, -0.25) is 11.3 Å². The van der Waals surface area contributed by atoms with Crippen LogP contribution in [0.4, 0.5) is 0 Å². The zero-order chi connectivity index (χ0) is 12.3.